The number of aliphatic hydroxyl groups is 2. The lowest BCUT2D eigenvalue weighted by atomic mass is 10.1. The average molecular weight is 469 g/mol. The zero-order valence-corrected chi connectivity index (χ0v) is 18.9. The number of carbonyl (C=O) groups is 4. The number of hydrogen-bond donors (Lipinski definition) is 7. The molecule has 0 aromatic rings. The molecule has 0 heterocycles. The molecule has 0 spiro atoms. The van der Waals surface area contributed by atoms with Gasteiger partial charge in [0.1, 0.15) is 24.2 Å². The highest BCUT2D eigenvalue weighted by molar-refractivity contribution is 7.98. The third kappa shape index (κ3) is 10.5. The van der Waals surface area contributed by atoms with Gasteiger partial charge < -0.3 is 37.0 Å². The Balaban J connectivity index is 5.32. The topological polar surface area (TPSA) is 191 Å². The molecule has 3 amide bonds. The number of nitrogens with two attached hydrogens (primary N) is 1. The van der Waals surface area contributed by atoms with Gasteiger partial charge in [-0.2, -0.15) is 23.5 Å². The van der Waals surface area contributed by atoms with E-state index >= 15 is 0 Å². The van der Waals surface area contributed by atoms with Crippen molar-refractivity contribution >= 4 is 47.2 Å². The van der Waals surface area contributed by atoms with Gasteiger partial charge in [-0.25, -0.2) is 4.79 Å². The summed E-state index contributed by atoms with van der Waals surface area (Å²) in [6.45, 7) is 0.554. The normalized spacial score (nSPS) is 15.9. The summed E-state index contributed by atoms with van der Waals surface area (Å²) >= 11 is 2.89. The SMILES string of the molecule is CSCCC(NC(=O)C(CCSC)NC(=O)C(N)C(C)O)C(=O)NC(CO)C(=O)O. The van der Waals surface area contributed by atoms with E-state index in [1.54, 1.807) is 0 Å². The summed E-state index contributed by atoms with van der Waals surface area (Å²) in [4.78, 5) is 48.4. The van der Waals surface area contributed by atoms with Crippen LogP contribution in [0.1, 0.15) is 19.8 Å². The van der Waals surface area contributed by atoms with E-state index in [4.69, 9.17) is 15.9 Å². The smallest absolute Gasteiger partial charge is 0.328 e. The lowest BCUT2D eigenvalue weighted by Crippen LogP contribution is -2.58. The van der Waals surface area contributed by atoms with Crippen LogP contribution in [0.25, 0.3) is 0 Å². The van der Waals surface area contributed by atoms with Crippen molar-refractivity contribution in [2.45, 2.75) is 50.0 Å². The predicted octanol–water partition coefficient (Wildman–Crippen LogP) is -2.27. The molecule has 8 N–H and O–H groups in total. The highest BCUT2D eigenvalue weighted by Crippen LogP contribution is 2.06. The fraction of sp³-hybridized carbons (Fsp3) is 0.765. The van der Waals surface area contributed by atoms with Crippen molar-refractivity contribution < 1.29 is 34.5 Å². The van der Waals surface area contributed by atoms with Gasteiger partial charge in [-0.15, -0.1) is 0 Å². The van der Waals surface area contributed by atoms with Gasteiger partial charge in [-0.1, -0.05) is 0 Å². The first-order chi connectivity index (χ1) is 14.1. The van der Waals surface area contributed by atoms with Crippen molar-refractivity contribution in [3.05, 3.63) is 0 Å². The van der Waals surface area contributed by atoms with Crippen LogP contribution in [0.4, 0.5) is 0 Å². The molecule has 0 saturated carbocycles. The molecule has 0 aliphatic rings. The van der Waals surface area contributed by atoms with Crippen molar-refractivity contribution in [1.29, 1.82) is 0 Å². The van der Waals surface area contributed by atoms with Gasteiger partial charge in [0.05, 0.1) is 12.7 Å². The number of hydrogen-bond acceptors (Lipinski definition) is 9. The van der Waals surface area contributed by atoms with E-state index < -0.39 is 60.6 Å². The Hall–Kier alpha value is -1.54. The second-order valence-corrected chi connectivity index (χ2v) is 8.50. The molecule has 0 fully saturated rings. The Labute approximate surface area is 184 Å². The monoisotopic (exact) mass is 468 g/mol. The lowest BCUT2D eigenvalue weighted by molar-refractivity contribution is -0.143. The maximum Gasteiger partial charge on any atom is 0.328 e. The van der Waals surface area contributed by atoms with Gasteiger partial charge >= 0.3 is 5.97 Å². The van der Waals surface area contributed by atoms with Gasteiger partial charge in [0.2, 0.25) is 17.7 Å². The highest BCUT2D eigenvalue weighted by atomic mass is 32.2. The molecule has 0 bridgehead atoms. The number of aliphatic carboxylic acids is 1. The molecule has 5 unspecified atom stereocenters. The Morgan fingerprint density at radius 3 is 1.60 bits per heavy atom. The lowest BCUT2D eigenvalue weighted by Gasteiger charge is -2.25. The first-order valence-corrected chi connectivity index (χ1v) is 12.0. The van der Waals surface area contributed by atoms with Crippen molar-refractivity contribution in [2.75, 3.05) is 30.6 Å². The molecule has 13 heteroatoms. The summed E-state index contributed by atoms with van der Waals surface area (Å²) < 4.78 is 0. The van der Waals surface area contributed by atoms with E-state index in [1.165, 1.54) is 30.4 Å². The second-order valence-electron chi connectivity index (χ2n) is 6.53. The second kappa shape index (κ2) is 15.3. The number of nitrogens with one attached hydrogen (secondary N) is 3. The molecule has 30 heavy (non-hydrogen) atoms. The van der Waals surface area contributed by atoms with E-state index in [-0.39, 0.29) is 12.8 Å². The number of carboxylic acid groups (broad SMARTS) is 1. The molecule has 0 aliphatic heterocycles. The van der Waals surface area contributed by atoms with E-state index in [1.807, 2.05) is 12.5 Å². The molecule has 5 atom stereocenters. The molecule has 0 aromatic heterocycles. The van der Waals surface area contributed by atoms with E-state index in [2.05, 4.69) is 16.0 Å². The van der Waals surface area contributed by atoms with Crippen molar-refractivity contribution in [3.8, 4) is 0 Å². The van der Waals surface area contributed by atoms with Gasteiger partial charge in [0, 0.05) is 0 Å². The van der Waals surface area contributed by atoms with Crippen LogP contribution in [0.3, 0.4) is 0 Å². The summed E-state index contributed by atoms with van der Waals surface area (Å²) in [5.74, 6) is -2.46. The van der Waals surface area contributed by atoms with Crippen LogP contribution in [-0.4, -0.2) is 99.9 Å². The number of aliphatic hydroxyl groups excluding tert-OH is 2. The minimum atomic E-state index is -1.50. The van der Waals surface area contributed by atoms with Gasteiger partial charge in [0.25, 0.3) is 0 Å². The molecule has 0 rings (SSSR count). The molecular weight excluding hydrogens is 436 g/mol. The Morgan fingerprint density at radius 2 is 1.27 bits per heavy atom. The Bertz CT molecular complexity index is 580. The first kappa shape index (κ1) is 28.5. The summed E-state index contributed by atoms with van der Waals surface area (Å²) in [5.41, 5.74) is 5.61. The molecule has 11 nitrogen and oxygen atoms in total. The molecular formula is C17H32N4O7S2. The molecule has 0 radical (unpaired) electrons. The quantitative estimate of drug-likeness (QED) is 0.138. The number of carbonyl (C=O) groups excluding carboxylic acids is 3. The van der Waals surface area contributed by atoms with Crippen LogP contribution >= 0.6 is 23.5 Å². The minimum Gasteiger partial charge on any atom is -0.480 e. The summed E-state index contributed by atoms with van der Waals surface area (Å²) in [6.07, 6.45) is 3.00. The van der Waals surface area contributed by atoms with E-state index in [0.29, 0.717) is 11.5 Å². The largest absolute Gasteiger partial charge is 0.480 e. The zero-order chi connectivity index (χ0) is 23.3. The summed E-state index contributed by atoms with van der Waals surface area (Å²) in [5, 5.41) is 34.8. The van der Waals surface area contributed by atoms with Gasteiger partial charge in [-0.05, 0) is 43.8 Å². The Kier molecular flexibility index (Phi) is 14.5. The van der Waals surface area contributed by atoms with Crippen molar-refractivity contribution in [3.63, 3.8) is 0 Å². The fourth-order valence-corrected chi connectivity index (χ4v) is 3.17. The number of carboxylic acids is 1. The molecule has 0 saturated heterocycles. The van der Waals surface area contributed by atoms with Crippen molar-refractivity contribution in [2.24, 2.45) is 5.73 Å². The maximum absolute atomic E-state index is 12.8. The fourth-order valence-electron chi connectivity index (χ4n) is 2.23. The summed E-state index contributed by atoms with van der Waals surface area (Å²) in [6, 6.07) is -4.77. The van der Waals surface area contributed by atoms with Crippen molar-refractivity contribution in [1.82, 2.24) is 16.0 Å². The third-order valence-corrected chi connectivity index (χ3v) is 5.39. The molecule has 0 aliphatic carbocycles. The van der Waals surface area contributed by atoms with Gasteiger partial charge in [-0.3, -0.25) is 14.4 Å². The maximum atomic E-state index is 12.8. The van der Waals surface area contributed by atoms with Crippen LogP contribution in [-0.2, 0) is 19.2 Å². The number of amides is 3. The average Bonchev–Trinajstić information content (AvgIpc) is 2.70. The van der Waals surface area contributed by atoms with Crippen LogP contribution < -0.4 is 21.7 Å². The van der Waals surface area contributed by atoms with Crippen LogP contribution in [0, 0.1) is 0 Å². The standard InChI is InChI=1S/C17H32N4O7S2/c1-9(23)13(18)16(26)20-11(5-7-30-3)14(24)19-10(4-6-29-2)15(25)21-12(8-22)17(27)28/h9-13,22-23H,4-8,18H2,1-3H3,(H,19,24)(H,20,26)(H,21,25)(H,27,28). The predicted molar refractivity (Wildman–Crippen MR) is 116 cm³/mol. The summed E-state index contributed by atoms with van der Waals surface area (Å²) in [7, 11) is 0. The number of thioether (sulfide) groups is 2. The minimum absolute atomic E-state index is 0.215. The van der Waals surface area contributed by atoms with E-state index in [9.17, 15) is 24.3 Å². The highest BCUT2D eigenvalue weighted by Gasteiger charge is 2.30. The molecule has 174 valence electrons. The Morgan fingerprint density at radius 1 is 0.867 bits per heavy atom. The van der Waals surface area contributed by atoms with Crippen LogP contribution in [0.2, 0.25) is 0 Å². The zero-order valence-electron chi connectivity index (χ0n) is 17.3. The number of rotatable bonds is 15. The van der Waals surface area contributed by atoms with Crippen LogP contribution in [0.5, 0.6) is 0 Å². The molecule has 0 aromatic carbocycles. The third-order valence-electron chi connectivity index (χ3n) is 4.11. The van der Waals surface area contributed by atoms with Gasteiger partial charge in [0.15, 0.2) is 0 Å². The first-order valence-electron chi connectivity index (χ1n) is 9.25. The van der Waals surface area contributed by atoms with E-state index in [0.717, 1.165) is 0 Å². The van der Waals surface area contributed by atoms with Crippen LogP contribution in [0.15, 0.2) is 0 Å².